The molecule has 10 nitrogen and oxygen atoms in total. The first-order valence-corrected chi connectivity index (χ1v) is 15.9. The van der Waals surface area contributed by atoms with Gasteiger partial charge in [-0.3, -0.25) is 9.97 Å². The van der Waals surface area contributed by atoms with Crippen molar-refractivity contribution in [3.05, 3.63) is 145 Å². The second-order valence-electron chi connectivity index (χ2n) is 11.6. The summed E-state index contributed by atoms with van der Waals surface area (Å²) in [5, 5.41) is 30.0. The molecule has 0 aliphatic carbocycles. The molecule has 8 aromatic rings. The van der Waals surface area contributed by atoms with Gasteiger partial charge in [0.25, 0.3) is 0 Å². The fraction of sp³-hybridized carbons (Fsp3) is 0.0250. The summed E-state index contributed by atoms with van der Waals surface area (Å²) < 4.78 is 0. The Hall–Kier alpha value is -7.07. The smallest absolute Gasteiger partial charge is 0.335 e. The van der Waals surface area contributed by atoms with Crippen LogP contribution in [0.2, 0.25) is 0 Å². The molecule has 0 saturated heterocycles. The van der Waals surface area contributed by atoms with Crippen molar-refractivity contribution in [1.82, 2.24) is 19.9 Å². The topological polar surface area (TPSA) is 138 Å². The summed E-state index contributed by atoms with van der Waals surface area (Å²) in [6.45, 7) is 0. The molecule has 0 amide bonds. The van der Waals surface area contributed by atoms with E-state index in [0.29, 0.717) is 11.3 Å². The summed E-state index contributed by atoms with van der Waals surface area (Å²) in [6.07, 6.45) is 9.76. The zero-order valence-corrected chi connectivity index (χ0v) is 26.5. The summed E-state index contributed by atoms with van der Waals surface area (Å²) in [5.41, 5.74) is 5.68. The average molecular weight is 653 g/mol. The molecule has 1 aliphatic heterocycles. The molecule has 0 spiro atoms. The molecule has 0 saturated carbocycles. The van der Waals surface area contributed by atoms with Gasteiger partial charge in [0.1, 0.15) is 11.6 Å². The van der Waals surface area contributed by atoms with Gasteiger partial charge >= 0.3 is 5.97 Å². The molecular formula is C40H28N8O2. The third-order valence-corrected chi connectivity index (χ3v) is 8.39. The average Bonchev–Trinajstić information content (AvgIpc) is 3.71. The van der Waals surface area contributed by atoms with Crippen LogP contribution >= 0.6 is 0 Å². The van der Waals surface area contributed by atoms with Gasteiger partial charge in [-0.25, -0.2) is 14.8 Å². The van der Waals surface area contributed by atoms with Crippen LogP contribution in [0.15, 0.2) is 144 Å². The van der Waals surface area contributed by atoms with Gasteiger partial charge in [0, 0.05) is 86.7 Å². The Balaban J connectivity index is 0.000000145. The predicted molar refractivity (Wildman–Crippen MR) is 200 cm³/mol. The highest BCUT2D eigenvalue weighted by molar-refractivity contribution is 6.15. The fourth-order valence-electron chi connectivity index (χ4n) is 5.97. The predicted octanol–water partition coefficient (Wildman–Crippen LogP) is 8.93. The Morgan fingerprint density at radius 3 is 1.70 bits per heavy atom. The van der Waals surface area contributed by atoms with Crippen LogP contribution in [0.25, 0.3) is 43.4 Å². The van der Waals surface area contributed by atoms with Gasteiger partial charge in [-0.1, -0.05) is 54.6 Å². The van der Waals surface area contributed by atoms with E-state index in [1.54, 1.807) is 36.8 Å². The van der Waals surface area contributed by atoms with Gasteiger partial charge in [-0.15, -0.1) is 0 Å². The van der Waals surface area contributed by atoms with Crippen LogP contribution in [-0.2, 0) is 0 Å². The second-order valence-corrected chi connectivity index (χ2v) is 11.6. The van der Waals surface area contributed by atoms with Crippen molar-refractivity contribution in [2.24, 2.45) is 10.2 Å². The van der Waals surface area contributed by atoms with E-state index in [4.69, 9.17) is 4.98 Å². The van der Waals surface area contributed by atoms with Gasteiger partial charge in [0.05, 0.1) is 22.3 Å². The van der Waals surface area contributed by atoms with Crippen molar-refractivity contribution in [3.63, 3.8) is 0 Å². The van der Waals surface area contributed by atoms with E-state index >= 15 is 0 Å². The van der Waals surface area contributed by atoms with E-state index in [1.165, 1.54) is 0 Å². The molecule has 0 atom stereocenters. The highest BCUT2D eigenvalue weighted by Crippen LogP contribution is 2.32. The number of hydrogen-bond donors (Lipinski definition) is 3. The molecular weight excluding hydrogens is 624 g/mol. The maximum Gasteiger partial charge on any atom is 0.335 e. The number of carboxylic acid groups (broad SMARTS) is 1. The SMILES string of the molecule is C1=NN=C(c2ccc3c(c2)nc(Nc2ccccc2)c2ccncc23)C1.O=C(O)c1ccc2c(c1)nc(Nc1ccccc1)c1ccncc12. The minimum absolute atomic E-state index is 0.212. The molecule has 5 heterocycles. The van der Waals surface area contributed by atoms with E-state index < -0.39 is 5.97 Å². The highest BCUT2D eigenvalue weighted by Gasteiger charge is 2.14. The molecule has 10 heteroatoms. The number of pyridine rings is 4. The van der Waals surface area contributed by atoms with Crippen molar-refractivity contribution in [3.8, 4) is 0 Å². The van der Waals surface area contributed by atoms with Crippen molar-refractivity contribution in [1.29, 1.82) is 0 Å². The number of nitrogens with zero attached hydrogens (tertiary/aromatic N) is 6. The summed E-state index contributed by atoms with van der Waals surface area (Å²) in [7, 11) is 0. The number of benzene rings is 4. The first kappa shape index (κ1) is 30.3. The molecule has 0 unspecified atom stereocenters. The van der Waals surface area contributed by atoms with Crippen LogP contribution in [0.3, 0.4) is 0 Å². The molecule has 0 radical (unpaired) electrons. The first-order chi connectivity index (χ1) is 24.6. The molecule has 50 heavy (non-hydrogen) atoms. The Morgan fingerprint density at radius 1 is 0.600 bits per heavy atom. The molecule has 0 fully saturated rings. The number of fused-ring (bicyclic) bond motifs is 6. The number of aromatic nitrogens is 4. The molecule has 1 aliphatic rings. The monoisotopic (exact) mass is 652 g/mol. The van der Waals surface area contributed by atoms with E-state index in [2.05, 4.69) is 54.0 Å². The largest absolute Gasteiger partial charge is 0.478 e. The molecule has 4 aromatic heterocycles. The van der Waals surface area contributed by atoms with Crippen molar-refractivity contribution in [2.45, 2.75) is 6.42 Å². The molecule has 4 aromatic carbocycles. The summed E-state index contributed by atoms with van der Waals surface area (Å²) in [5.74, 6) is 0.527. The third-order valence-electron chi connectivity index (χ3n) is 8.39. The van der Waals surface area contributed by atoms with Crippen LogP contribution in [0, 0.1) is 0 Å². The van der Waals surface area contributed by atoms with Crippen molar-refractivity contribution in [2.75, 3.05) is 10.6 Å². The number of para-hydroxylation sites is 2. The number of carboxylic acids is 1. The number of nitrogens with one attached hydrogen (secondary N) is 2. The molecule has 240 valence electrons. The van der Waals surface area contributed by atoms with Gasteiger partial charge in [0.15, 0.2) is 0 Å². The third kappa shape index (κ3) is 6.04. The lowest BCUT2D eigenvalue weighted by Gasteiger charge is -2.12. The zero-order chi connectivity index (χ0) is 33.9. The van der Waals surface area contributed by atoms with E-state index in [-0.39, 0.29) is 5.56 Å². The zero-order valence-electron chi connectivity index (χ0n) is 26.5. The Kier molecular flexibility index (Phi) is 8.00. The lowest BCUT2D eigenvalue weighted by atomic mass is 10.0. The van der Waals surface area contributed by atoms with Crippen LogP contribution in [-0.4, -0.2) is 42.9 Å². The minimum Gasteiger partial charge on any atom is -0.478 e. The normalized spacial score (nSPS) is 12.1. The molecule has 9 rings (SSSR count). The first-order valence-electron chi connectivity index (χ1n) is 15.9. The quantitative estimate of drug-likeness (QED) is 0.151. The van der Waals surface area contributed by atoms with Gasteiger partial charge in [-0.2, -0.15) is 10.2 Å². The molecule has 0 bridgehead atoms. The van der Waals surface area contributed by atoms with Crippen molar-refractivity contribution < 1.29 is 9.90 Å². The minimum atomic E-state index is -0.970. The van der Waals surface area contributed by atoms with Gasteiger partial charge < -0.3 is 15.7 Å². The maximum absolute atomic E-state index is 11.2. The Bertz CT molecular complexity index is 2610. The number of carbonyl (C=O) groups is 1. The van der Waals surface area contributed by atoms with Crippen LogP contribution in [0.5, 0.6) is 0 Å². The lowest BCUT2D eigenvalue weighted by Crippen LogP contribution is -2.00. The van der Waals surface area contributed by atoms with Gasteiger partial charge in [-0.05, 0) is 54.6 Å². The van der Waals surface area contributed by atoms with Crippen molar-refractivity contribution >= 4 is 84.3 Å². The maximum atomic E-state index is 11.2. The van der Waals surface area contributed by atoms with E-state index in [0.717, 1.165) is 72.7 Å². The second kappa shape index (κ2) is 13.2. The number of rotatable bonds is 6. The van der Waals surface area contributed by atoms with E-state index in [1.807, 2.05) is 85.2 Å². The Labute approximate surface area is 285 Å². The summed E-state index contributed by atoms with van der Waals surface area (Å²) in [4.78, 5) is 29.3. The fourth-order valence-corrected chi connectivity index (χ4v) is 5.97. The number of aromatic carboxylic acids is 1. The Morgan fingerprint density at radius 2 is 1.16 bits per heavy atom. The lowest BCUT2D eigenvalue weighted by molar-refractivity contribution is 0.0697. The van der Waals surface area contributed by atoms with Crippen LogP contribution in [0.4, 0.5) is 23.0 Å². The summed E-state index contributed by atoms with van der Waals surface area (Å²) in [6, 6.07) is 34.9. The standard InChI is InChI=1S/C21H15N5.C19H13N3O2/c1-2-4-15(5-3-1)24-21-17-8-10-22-13-18(17)16-7-6-14(12-20(16)25-21)19-9-11-23-26-19;23-19(24)12-6-7-14-16-11-20-9-8-15(16)18(22-17(14)10-12)21-13-4-2-1-3-5-13/h1-8,10-13H,9H2,(H,24,25);1-11H,(H,21,22)(H,23,24). The number of hydrogen-bond acceptors (Lipinski definition) is 9. The van der Waals surface area contributed by atoms with Gasteiger partial charge in [0.2, 0.25) is 0 Å². The molecule has 3 N–H and O–H groups in total. The van der Waals surface area contributed by atoms with Crippen LogP contribution < -0.4 is 10.6 Å². The number of anilines is 4. The van der Waals surface area contributed by atoms with E-state index in [9.17, 15) is 9.90 Å². The highest BCUT2D eigenvalue weighted by atomic mass is 16.4. The summed E-state index contributed by atoms with van der Waals surface area (Å²) >= 11 is 0. The van der Waals surface area contributed by atoms with Crippen LogP contribution in [0.1, 0.15) is 22.3 Å².